The van der Waals surface area contributed by atoms with E-state index in [4.69, 9.17) is 5.84 Å². The molecule has 94 valence electrons. The molecule has 0 aliphatic heterocycles. The first-order valence-corrected chi connectivity index (χ1v) is 6.90. The predicted molar refractivity (Wildman–Crippen MR) is 70.9 cm³/mol. The lowest BCUT2D eigenvalue weighted by atomic mass is 9.92. The van der Waals surface area contributed by atoms with Gasteiger partial charge in [0.05, 0.1) is 0 Å². The maximum atomic E-state index is 13.7. The van der Waals surface area contributed by atoms with Gasteiger partial charge >= 0.3 is 0 Å². The van der Waals surface area contributed by atoms with Crippen LogP contribution in [0.3, 0.4) is 0 Å². The molecular formula is C13H18BrFN2. The highest BCUT2D eigenvalue weighted by atomic mass is 79.9. The molecule has 1 atom stereocenters. The van der Waals surface area contributed by atoms with Crippen LogP contribution in [-0.4, -0.2) is 6.04 Å². The minimum atomic E-state index is -0.147. The summed E-state index contributed by atoms with van der Waals surface area (Å²) in [6.07, 6.45) is 5.59. The van der Waals surface area contributed by atoms with Crippen LogP contribution < -0.4 is 11.3 Å². The minimum absolute atomic E-state index is 0.147. The van der Waals surface area contributed by atoms with Gasteiger partial charge in [0, 0.05) is 10.5 Å². The molecule has 0 bridgehead atoms. The average molecular weight is 301 g/mol. The summed E-state index contributed by atoms with van der Waals surface area (Å²) in [5.74, 6) is 6.04. The molecule has 0 heterocycles. The molecule has 1 fully saturated rings. The van der Waals surface area contributed by atoms with Crippen LogP contribution in [0.2, 0.25) is 0 Å². The molecule has 0 amide bonds. The van der Waals surface area contributed by atoms with E-state index in [2.05, 4.69) is 21.4 Å². The van der Waals surface area contributed by atoms with E-state index in [0.29, 0.717) is 12.3 Å². The maximum Gasteiger partial charge on any atom is 0.126 e. The van der Waals surface area contributed by atoms with Crippen LogP contribution in [0, 0.1) is 11.7 Å². The lowest BCUT2D eigenvalue weighted by Crippen LogP contribution is -2.41. The number of hydrogen-bond acceptors (Lipinski definition) is 2. The van der Waals surface area contributed by atoms with Crippen molar-refractivity contribution in [2.24, 2.45) is 11.8 Å². The van der Waals surface area contributed by atoms with Crippen LogP contribution in [0.25, 0.3) is 0 Å². The molecule has 2 rings (SSSR count). The third-order valence-electron chi connectivity index (χ3n) is 3.63. The highest BCUT2D eigenvalue weighted by molar-refractivity contribution is 9.10. The largest absolute Gasteiger partial charge is 0.271 e. The van der Waals surface area contributed by atoms with Crippen molar-refractivity contribution >= 4 is 15.9 Å². The standard InChI is InChI=1S/C13H18BrFN2/c14-11-5-6-12(15)10(7-11)8-13(17-16)9-3-1-2-4-9/h5-7,9,13,17H,1-4,8,16H2. The topological polar surface area (TPSA) is 38.0 Å². The molecule has 0 aromatic heterocycles. The SMILES string of the molecule is NNC(Cc1cc(Br)ccc1F)C1CCCC1. The number of benzene rings is 1. The first-order valence-electron chi connectivity index (χ1n) is 6.10. The smallest absolute Gasteiger partial charge is 0.126 e. The Kier molecular flexibility index (Phi) is 4.54. The van der Waals surface area contributed by atoms with E-state index in [9.17, 15) is 4.39 Å². The van der Waals surface area contributed by atoms with Crippen LogP contribution in [0.1, 0.15) is 31.2 Å². The summed E-state index contributed by atoms with van der Waals surface area (Å²) >= 11 is 3.37. The quantitative estimate of drug-likeness (QED) is 0.662. The molecule has 0 spiro atoms. The van der Waals surface area contributed by atoms with Crippen molar-refractivity contribution in [2.45, 2.75) is 38.1 Å². The summed E-state index contributed by atoms with van der Waals surface area (Å²) in [7, 11) is 0. The number of nitrogens with two attached hydrogens (primary N) is 1. The molecule has 0 radical (unpaired) electrons. The summed E-state index contributed by atoms with van der Waals surface area (Å²) in [6.45, 7) is 0. The van der Waals surface area contributed by atoms with E-state index in [1.165, 1.54) is 31.7 Å². The Hall–Kier alpha value is -0.450. The Morgan fingerprint density at radius 2 is 2.12 bits per heavy atom. The molecule has 3 N–H and O–H groups in total. The zero-order valence-corrected chi connectivity index (χ0v) is 11.3. The van der Waals surface area contributed by atoms with Crippen molar-refractivity contribution in [3.63, 3.8) is 0 Å². The van der Waals surface area contributed by atoms with E-state index in [0.717, 1.165) is 10.0 Å². The number of nitrogens with one attached hydrogen (secondary N) is 1. The fourth-order valence-corrected chi connectivity index (χ4v) is 3.07. The average Bonchev–Trinajstić information content (AvgIpc) is 2.84. The van der Waals surface area contributed by atoms with E-state index in [1.807, 2.05) is 6.07 Å². The summed E-state index contributed by atoms with van der Waals surface area (Å²) in [6, 6.07) is 5.25. The zero-order valence-electron chi connectivity index (χ0n) is 9.76. The zero-order chi connectivity index (χ0) is 12.3. The number of rotatable bonds is 4. The van der Waals surface area contributed by atoms with Crippen LogP contribution in [0.4, 0.5) is 4.39 Å². The highest BCUT2D eigenvalue weighted by Gasteiger charge is 2.25. The lowest BCUT2D eigenvalue weighted by molar-refractivity contribution is 0.358. The summed E-state index contributed by atoms with van der Waals surface area (Å²) in [4.78, 5) is 0. The van der Waals surface area contributed by atoms with Gasteiger partial charge in [0.15, 0.2) is 0 Å². The van der Waals surface area contributed by atoms with Gasteiger partial charge in [-0.2, -0.15) is 0 Å². The fourth-order valence-electron chi connectivity index (χ4n) is 2.66. The summed E-state index contributed by atoms with van der Waals surface area (Å²) < 4.78 is 14.6. The molecule has 2 nitrogen and oxygen atoms in total. The third-order valence-corrected chi connectivity index (χ3v) is 4.12. The highest BCUT2D eigenvalue weighted by Crippen LogP contribution is 2.29. The second kappa shape index (κ2) is 5.94. The van der Waals surface area contributed by atoms with E-state index in [-0.39, 0.29) is 11.9 Å². The van der Waals surface area contributed by atoms with Gasteiger partial charge in [-0.1, -0.05) is 28.8 Å². The lowest BCUT2D eigenvalue weighted by Gasteiger charge is -2.22. The Labute approximate surface area is 110 Å². The Morgan fingerprint density at radius 1 is 1.41 bits per heavy atom. The molecule has 4 heteroatoms. The molecular weight excluding hydrogens is 283 g/mol. The number of hydrazine groups is 1. The Balaban J connectivity index is 2.09. The van der Waals surface area contributed by atoms with E-state index >= 15 is 0 Å². The molecule has 1 saturated carbocycles. The Morgan fingerprint density at radius 3 is 2.76 bits per heavy atom. The third kappa shape index (κ3) is 3.27. The van der Waals surface area contributed by atoms with Gasteiger partial charge in [0.25, 0.3) is 0 Å². The molecule has 1 unspecified atom stereocenters. The summed E-state index contributed by atoms with van der Waals surface area (Å²) in [5.41, 5.74) is 3.59. The van der Waals surface area contributed by atoms with E-state index < -0.39 is 0 Å². The van der Waals surface area contributed by atoms with Gasteiger partial charge < -0.3 is 0 Å². The first-order chi connectivity index (χ1) is 8.20. The van der Waals surface area contributed by atoms with Crippen LogP contribution in [0.15, 0.2) is 22.7 Å². The van der Waals surface area contributed by atoms with Gasteiger partial charge in [-0.15, -0.1) is 0 Å². The predicted octanol–water partition coefficient (Wildman–Crippen LogP) is 3.15. The molecule has 1 aliphatic carbocycles. The van der Waals surface area contributed by atoms with Crippen LogP contribution in [-0.2, 0) is 6.42 Å². The van der Waals surface area contributed by atoms with Crippen LogP contribution >= 0.6 is 15.9 Å². The molecule has 0 saturated heterocycles. The van der Waals surface area contributed by atoms with Crippen molar-refractivity contribution < 1.29 is 4.39 Å². The van der Waals surface area contributed by atoms with Crippen molar-refractivity contribution in [2.75, 3.05) is 0 Å². The molecule has 1 aromatic rings. The molecule has 1 aromatic carbocycles. The van der Waals surface area contributed by atoms with E-state index in [1.54, 1.807) is 6.07 Å². The van der Waals surface area contributed by atoms with Crippen molar-refractivity contribution in [1.82, 2.24) is 5.43 Å². The molecule has 17 heavy (non-hydrogen) atoms. The van der Waals surface area contributed by atoms with Crippen molar-refractivity contribution in [3.8, 4) is 0 Å². The second-order valence-electron chi connectivity index (χ2n) is 4.76. The number of halogens is 2. The minimum Gasteiger partial charge on any atom is -0.271 e. The van der Waals surface area contributed by atoms with Gasteiger partial charge in [-0.25, -0.2) is 4.39 Å². The van der Waals surface area contributed by atoms with Gasteiger partial charge in [0.2, 0.25) is 0 Å². The van der Waals surface area contributed by atoms with Gasteiger partial charge in [-0.3, -0.25) is 11.3 Å². The second-order valence-corrected chi connectivity index (χ2v) is 5.67. The normalized spacial score (nSPS) is 18.5. The fraction of sp³-hybridized carbons (Fsp3) is 0.538. The van der Waals surface area contributed by atoms with Gasteiger partial charge in [0.1, 0.15) is 5.82 Å². The first kappa shape index (κ1) is 13.0. The number of hydrogen-bond donors (Lipinski definition) is 2. The van der Waals surface area contributed by atoms with Crippen molar-refractivity contribution in [3.05, 3.63) is 34.1 Å². The molecule has 1 aliphatic rings. The van der Waals surface area contributed by atoms with Crippen LogP contribution in [0.5, 0.6) is 0 Å². The van der Waals surface area contributed by atoms with Crippen molar-refractivity contribution in [1.29, 1.82) is 0 Å². The monoisotopic (exact) mass is 300 g/mol. The summed E-state index contributed by atoms with van der Waals surface area (Å²) in [5, 5.41) is 0. The maximum absolute atomic E-state index is 13.7. The Bertz CT molecular complexity index is 378. The van der Waals surface area contributed by atoms with Gasteiger partial charge in [-0.05, 0) is 48.9 Å².